The molecule has 2 heterocycles. The summed E-state index contributed by atoms with van der Waals surface area (Å²) < 4.78 is 0. The molecule has 0 aliphatic heterocycles. The first kappa shape index (κ1) is 11.5. The van der Waals surface area contributed by atoms with Gasteiger partial charge in [-0.2, -0.15) is 0 Å². The second kappa shape index (κ2) is 4.68. The molecule has 0 saturated heterocycles. The van der Waals surface area contributed by atoms with Crippen molar-refractivity contribution in [3.63, 3.8) is 0 Å². The maximum Gasteiger partial charge on any atom is 0.166 e. The molecule has 0 saturated carbocycles. The normalized spacial score (nSPS) is 11.4. The molecule has 0 unspecified atom stereocenters. The number of hydrogen-bond donors (Lipinski definition) is 2. The molecule has 20 heavy (non-hydrogen) atoms. The van der Waals surface area contributed by atoms with Crippen molar-refractivity contribution in [1.29, 1.82) is 0 Å². The number of H-pyrrole nitrogens is 2. The molecular weight excluding hydrogens is 268 g/mol. The Morgan fingerprint density at radius 2 is 1.95 bits per heavy atom. The monoisotopic (exact) mass is 280 g/mol. The third-order valence-corrected chi connectivity index (χ3v) is 4.11. The fraction of sp³-hybridized carbons (Fsp3) is 0.0667. The van der Waals surface area contributed by atoms with E-state index in [9.17, 15) is 0 Å². The molecule has 2 aromatic carbocycles. The maximum absolute atomic E-state index is 4.63. The van der Waals surface area contributed by atoms with Gasteiger partial charge in [0.05, 0.1) is 16.8 Å². The van der Waals surface area contributed by atoms with E-state index in [4.69, 9.17) is 0 Å². The van der Waals surface area contributed by atoms with Crippen LogP contribution in [0.25, 0.3) is 21.8 Å². The molecule has 0 fully saturated rings. The number of fused-ring (bicyclic) bond motifs is 2. The lowest BCUT2D eigenvalue weighted by Gasteiger charge is -1.95. The van der Waals surface area contributed by atoms with E-state index in [1.54, 1.807) is 18.0 Å². The molecule has 98 valence electrons. The van der Waals surface area contributed by atoms with Crippen molar-refractivity contribution >= 4 is 33.6 Å². The quantitative estimate of drug-likeness (QED) is 0.562. The zero-order valence-corrected chi connectivity index (χ0v) is 11.4. The number of aromatic amines is 2. The highest BCUT2D eigenvalue weighted by atomic mass is 32.2. The Morgan fingerprint density at radius 3 is 2.75 bits per heavy atom. The SMILES string of the molecule is c1ccc2cc3[nH]c(SCc4ncc[nH]4)nc3cc2c1. The first-order chi connectivity index (χ1) is 9.88. The summed E-state index contributed by atoms with van der Waals surface area (Å²) in [7, 11) is 0. The van der Waals surface area contributed by atoms with Crippen molar-refractivity contribution in [3.05, 3.63) is 54.6 Å². The van der Waals surface area contributed by atoms with Gasteiger partial charge >= 0.3 is 0 Å². The molecule has 2 N–H and O–H groups in total. The van der Waals surface area contributed by atoms with E-state index in [1.807, 2.05) is 12.3 Å². The topological polar surface area (TPSA) is 57.4 Å². The summed E-state index contributed by atoms with van der Waals surface area (Å²) in [5.74, 6) is 1.74. The van der Waals surface area contributed by atoms with Gasteiger partial charge in [-0.05, 0) is 22.9 Å². The molecule has 0 amide bonds. The summed E-state index contributed by atoms with van der Waals surface area (Å²) in [4.78, 5) is 15.3. The van der Waals surface area contributed by atoms with Gasteiger partial charge in [0.15, 0.2) is 5.16 Å². The lowest BCUT2D eigenvalue weighted by atomic mass is 10.1. The Bertz CT molecular complexity index is 811. The van der Waals surface area contributed by atoms with Crippen LogP contribution in [0.15, 0.2) is 53.9 Å². The van der Waals surface area contributed by atoms with Crippen molar-refractivity contribution in [2.24, 2.45) is 0 Å². The maximum atomic E-state index is 4.63. The molecule has 4 rings (SSSR count). The Kier molecular flexibility index (Phi) is 2.70. The van der Waals surface area contributed by atoms with Crippen molar-refractivity contribution in [1.82, 2.24) is 19.9 Å². The molecule has 0 aliphatic rings. The molecule has 4 nitrogen and oxygen atoms in total. The Hall–Kier alpha value is -2.27. The van der Waals surface area contributed by atoms with Crippen LogP contribution in [0.3, 0.4) is 0 Å². The summed E-state index contributed by atoms with van der Waals surface area (Å²) in [5.41, 5.74) is 2.08. The van der Waals surface area contributed by atoms with Gasteiger partial charge in [0.2, 0.25) is 0 Å². The van der Waals surface area contributed by atoms with Gasteiger partial charge in [-0.3, -0.25) is 0 Å². The van der Waals surface area contributed by atoms with Crippen molar-refractivity contribution in [2.75, 3.05) is 0 Å². The van der Waals surface area contributed by atoms with Crippen LogP contribution in [0.4, 0.5) is 0 Å². The molecule has 5 heteroatoms. The average Bonchev–Trinajstić information content (AvgIpc) is 3.11. The zero-order chi connectivity index (χ0) is 13.4. The predicted molar refractivity (Wildman–Crippen MR) is 81.7 cm³/mol. The van der Waals surface area contributed by atoms with Crippen LogP contribution in [-0.2, 0) is 5.75 Å². The minimum Gasteiger partial charge on any atom is -0.348 e. The first-order valence-corrected chi connectivity index (χ1v) is 7.37. The predicted octanol–water partition coefficient (Wildman–Crippen LogP) is 3.73. The number of nitrogens with zero attached hydrogens (tertiary/aromatic N) is 2. The van der Waals surface area contributed by atoms with E-state index in [0.717, 1.165) is 27.8 Å². The van der Waals surface area contributed by atoms with E-state index in [0.29, 0.717) is 0 Å². The lowest BCUT2D eigenvalue weighted by Crippen LogP contribution is -1.83. The minimum atomic E-state index is 0.784. The van der Waals surface area contributed by atoms with Crippen molar-refractivity contribution in [2.45, 2.75) is 10.9 Å². The summed E-state index contributed by atoms with van der Waals surface area (Å²) in [5, 5.41) is 3.37. The number of imidazole rings is 2. The number of benzene rings is 2. The Morgan fingerprint density at radius 1 is 1.10 bits per heavy atom. The van der Waals surface area contributed by atoms with E-state index < -0.39 is 0 Å². The third-order valence-electron chi connectivity index (χ3n) is 3.23. The molecule has 0 bridgehead atoms. The third kappa shape index (κ3) is 2.06. The molecule has 4 aromatic rings. The molecule has 0 spiro atoms. The molecule has 2 aromatic heterocycles. The van der Waals surface area contributed by atoms with Crippen LogP contribution in [0.5, 0.6) is 0 Å². The number of nitrogens with one attached hydrogen (secondary N) is 2. The van der Waals surface area contributed by atoms with Crippen LogP contribution in [0, 0.1) is 0 Å². The van der Waals surface area contributed by atoms with Crippen LogP contribution in [0.1, 0.15) is 5.82 Å². The number of aromatic nitrogens is 4. The first-order valence-electron chi connectivity index (χ1n) is 6.38. The Labute approximate surface area is 119 Å². The summed E-state index contributed by atoms with van der Waals surface area (Å²) in [6.07, 6.45) is 3.60. The van der Waals surface area contributed by atoms with Crippen molar-refractivity contribution < 1.29 is 0 Å². The van der Waals surface area contributed by atoms with E-state index in [2.05, 4.69) is 50.3 Å². The smallest absolute Gasteiger partial charge is 0.166 e. The largest absolute Gasteiger partial charge is 0.348 e. The fourth-order valence-electron chi connectivity index (χ4n) is 2.26. The van der Waals surface area contributed by atoms with Crippen LogP contribution < -0.4 is 0 Å². The van der Waals surface area contributed by atoms with Gasteiger partial charge in [0.1, 0.15) is 5.82 Å². The summed E-state index contributed by atoms with van der Waals surface area (Å²) in [6, 6.07) is 12.6. The highest BCUT2D eigenvalue weighted by molar-refractivity contribution is 7.98. The Balaban J connectivity index is 1.69. The number of hydrogen-bond acceptors (Lipinski definition) is 3. The van der Waals surface area contributed by atoms with E-state index in [1.165, 1.54) is 10.8 Å². The lowest BCUT2D eigenvalue weighted by molar-refractivity contribution is 1.06. The van der Waals surface area contributed by atoms with Crippen LogP contribution in [0.2, 0.25) is 0 Å². The molecule has 0 radical (unpaired) electrons. The second-order valence-electron chi connectivity index (χ2n) is 4.58. The second-order valence-corrected chi connectivity index (χ2v) is 5.55. The summed E-state index contributed by atoms with van der Waals surface area (Å²) in [6.45, 7) is 0. The molecule has 0 aliphatic carbocycles. The van der Waals surface area contributed by atoms with Gasteiger partial charge in [0, 0.05) is 12.4 Å². The highest BCUT2D eigenvalue weighted by Gasteiger charge is 2.06. The summed E-state index contributed by atoms with van der Waals surface area (Å²) >= 11 is 1.65. The number of rotatable bonds is 3. The average molecular weight is 280 g/mol. The van der Waals surface area contributed by atoms with Gasteiger partial charge in [0.25, 0.3) is 0 Å². The number of thioether (sulfide) groups is 1. The standard InChI is InChI=1S/C15H12N4S/c1-2-4-11-8-13-12(7-10(11)3-1)18-15(19-13)20-9-14-16-5-6-17-14/h1-8H,9H2,(H,16,17)(H,18,19). The van der Waals surface area contributed by atoms with E-state index in [-0.39, 0.29) is 0 Å². The molecule has 0 atom stereocenters. The van der Waals surface area contributed by atoms with Crippen LogP contribution >= 0.6 is 11.8 Å². The van der Waals surface area contributed by atoms with Gasteiger partial charge in [-0.15, -0.1) is 0 Å². The van der Waals surface area contributed by atoms with E-state index >= 15 is 0 Å². The highest BCUT2D eigenvalue weighted by Crippen LogP contribution is 2.25. The fourth-order valence-corrected chi connectivity index (χ4v) is 3.03. The van der Waals surface area contributed by atoms with Crippen molar-refractivity contribution in [3.8, 4) is 0 Å². The minimum absolute atomic E-state index is 0.784. The van der Waals surface area contributed by atoms with Crippen LogP contribution in [-0.4, -0.2) is 19.9 Å². The van der Waals surface area contributed by atoms with Gasteiger partial charge in [-0.25, -0.2) is 9.97 Å². The van der Waals surface area contributed by atoms with Gasteiger partial charge in [-0.1, -0.05) is 36.0 Å². The zero-order valence-electron chi connectivity index (χ0n) is 10.6. The van der Waals surface area contributed by atoms with Gasteiger partial charge < -0.3 is 9.97 Å². The molecular formula is C15H12N4S.